The van der Waals surface area contributed by atoms with Gasteiger partial charge in [-0.25, -0.2) is 22.1 Å². The Bertz CT molecular complexity index is 1200. The monoisotopic (exact) mass is 446 g/mol. The first kappa shape index (κ1) is 22.9. The van der Waals surface area contributed by atoms with Crippen molar-refractivity contribution in [2.45, 2.75) is 37.8 Å². The molecule has 7 nitrogen and oxygen atoms in total. The first-order valence-electron chi connectivity index (χ1n) is 10.0. The third kappa shape index (κ3) is 4.77. The highest BCUT2D eigenvalue weighted by Crippen LogP contribution is 2.23. The van der Waals surface area contributed by atoms with Crippen molar-refractivity contribution in [1.29, 1.82) is 0 Å². The third-order valence-electron chi connectivity index (χ3n) is 5.25. The Morgan fingerprint density at radius 3 is 2.48 bits per heavy atom. The number of benzene rings is 2. The summed E-state index contributed by atoms with van der Waals surface area (Å²) < 4.78 is 41.8. The van der Waals surface area contributed by atoms with Gasteiger partial charge >= 0.3 is 0 Å². The molecule has 0 unspecified atom stereocenters. The van der Waals surface area contributed by atoms with Gasteiger partial charge in [0.05, 0.1) is 15.9 Å². The maximum Gasteiger partial charge on any atom is 0.242 e. The van der Waals surface area contributed by atoms with E-state index in [4.69, 9.17) is 0 Å². The van der Waals surface area contributed by atoms with Crippen molar-refractivity contribution in [1.82, 2.24) is 18.8 Å². The number of amides is 1. The molecule has 0 N–H and O–H groups in total. The second-order valence-electron chi connectivity index (χ2n) is 7.55. The lowest BCUT2D eigenvalue weighted by atomic mass is 10.2. The molecule has 1 heterocycles. The highest BCUT2D eigenvalue weighted by Gasteiger charge is 2.20. The predicted octanol–water partition coefficient (Wildman–Crippen LogP) is 3.04. The molecule has 0 bridgehead atoms. The summed E-state index contributed by atoms with van der Waals surface area (Å²) >= 11 is 0. The molecule has 0 aliphatic carbocycles. The van der Waals surface area contributed by atoms with E-state index < -0.39 is 10.0 Å². The molecule has 1 amide bonds. The number of hydrogen-bond acceptors (Lipinski definition) is 4. The van der Waals surface area contributed by atoms with Gasteiger partial charge in [0.2, 0.25) is 15.9 Å². The van der Waals surface area contributed by atoms with E-state index in [1.807, 2.05) is 11.5 Å². The minimum absolute atomic E-state index is 0.117. The van der Waals surface area contributed by atoms with E-state index in [-0.39, 0.29) is 29.6 Å². The number of nitrogens with zero attached hydrogens (tertiary/aromatic N) is 4. The number of carbonyl (C=O) groups is 1. The van der Waals surface area contributed by atoms with Crippen LogP contribution in [0.3, 0.4) is 0 Å². The number of sulfonamides is 1. The summed E-state index contributed by atoms with van der Waals surface area (Å²) in [7, 11) is 1.06. The summed E-state index contributed by atoms with van der Waals surface area (Å²) in [5, 5.41) is 0. The first-order valence-corrected chi connectivity index (χ1v) is 11.5. The van der Waals surface area contributed by atoms with Crippen molar-refractivity contribution < 1.29 is 17.6 Å². The number of imidazole rings is 1. The molecule has 0 spiro atoms. The van der Waals surface area contributed by atoms with Gasteiger partial charge in [0.25, 0.3) is 0 Å². The van der Waals surface area contributed by atoms with Crippen molar-refractivity contribution in [2.24, 2.45) is 0 Å². The molecule has 0 saturated carbocycles. The first-order chi connectivity index (χ1) is 14.6. The third-order valence-corrected chi connectivity index (χ3v) is 7.06. The van der Waals surface area contributed by atoms with Crippen LogP contribution in [0.4, 0.5) is 4.39 Å². The number of halogens is 1. The van der Waals surface area contributed by atoms with E-state index in [1.165, 1.54) is 25.1 Å². The molecular weight excluding hydrogens is 419 g/mol. The molecule has 2 aromatic carbocycles. The summed E-state index contributed by atoms with van der Waals surface area (Å²) in [4.78, 5) is 18.9. The lowest BCUT2D eigenvalue weighted by molar-refractivity contribution is -0.130. The van der Waals surface area contributed by atoms with Crippen LogP contribution in [0.25, 0.3) is 11.0 Å². The SMILES string of the molecule is CCn1c(CCC(=O)N(C)Cc2ccccc2F)nc2cc(S(=O)(=O)N(C)C)ccc21. The summed E-state index contributed by atoms with van der Waals surface area (Å²) in [6.07, 6.45) is 0.621. The Hall–Kier alpha value is -2.78. The van der Waals surface area contributed by atoms with Gasteiger partial charge in [-0.1, -0.05) is 18.2 Å². The van der Waals surface area contributed by atoms with Crippen LogP contribution in [0.15, 0.2) is 47.4 Å². The summed E-state index contributed by atoms with van der Waals surface area (Å²) in [6, 6.07) is 11.3. The number of carbonyl (C=O) groups excluding carboxylic acids is 1. The molecular formula is C22H27FN4O3S. The van der Waals surface area contributed by atoms with Gasteiger partial charge in [-0.05, 0) is 31.2 Å². The van der Waals surface area contributed by atoms with Gasteiger partial charge in [0.1, 0.15) is 11.6 Å². The molecule has 3 aromatic rings. The average Bonchev–Trinajstić information content (AvgIpc) is 3.10. The maximum absolute atomic E-state index is 13.9. The zero-order chi connectivity index (χ0) is 22.8. The molecule has 9 heteroatoms. The molecule has 0 fully saturated rings. The number of fused-ring (bicyclic) bond motifs is 1. The van der Waals surface area contributed by atoms with Crippen LogP contribution in [0, 0.1) is 5.82 Å². The van der Waals surface area contributed by atoms with E-state index in [2.05, 4.69) is 4.98 Å². The highest BCUT2D eigenvalue weighted by molar-refractivity contribution is 7.89. The number of rotatable bonds is 8. The molecule has 0 radical (unpaired) electrons. The number of aryl methyl sites for hydroxylation is 2. The minimum atomic E-state index is -3.56. The van der Waals surface area contributed by atoms with Crippen LogP contribution in [-0.2, 0) is 34.3 Å². The standard InChI is InChI=1S/C22H27FN4O3S/c1-5-27-20-11-10-17(31(29,30)25(2)3)14-19(20)24-21(27)12-13-22(28)26(4)15-16-8-6-7-9-18(16)23/h6-11,14H,5,12-13,15H2,1-4H3. The molecule has 0 aliphatic heterocycles. The van der Waals surface area contributed by atoms with Crippen LogP contribution in [0.5, 0.6) is 0 Å². The molecule has 166 valence electrons. The van der Waals surface area contributed by atoms with E-state index in [9.17, 15) is 17.6 Å². The maximum atomic E-state index is 13.9. The fraction of sp³-hybridized carbons (Fsp3) is 0.364. The molecule has 1 aromatic heterocycles. The zero-order valence-electron chi connectivity index (χ0n) is 18.2. The normalized spacial score (nSPS) is 11.9. The zero-order valence-corrected chi connectivity index (χ0v) is 19.0. The summed E-state index contributed by atoms with van der Waals surface area (Å²) in [5.74, 6) is 0.261. The molecule has 0 atom stereocenters. The van der Waals surface area contributed by atoms with E-state index >= 15 is 0 Å². The average molecular weight is 447 g/mol. The lowest BCUT2D eigenvalue weighted by Gasteiger charge is -2.17. The topological polar surface area (TPSA) is 75.5 Å². The Kier molecular flexibility index (Phi) is 6.76. The second kappa shape index (κ2) is 9.15. The van der Waals surface area contributed by atoms with Crippen LogP contribution in [0.2, 0.25) is 0 Å². The fourth-order valence-corrected chi connectivity index (χ4v) is 4.38. The Balaban J connectivity index is 1.78. The highest BCUT2D eigenvalue weighted by atomic mass is 32.2. The summed E-state index contributed by atoms with van der Waals surface area (Å²) in [6.45, 7) is 2.81. The molecule has 3 rings (SSSR count). The van der Waals surface area contributed by atoms with Gasteiger partial charge in [0.15, 0.2) is 0 Å². The van der Waals surface area contributed by atoms with Gasteiger partial charge in [-0.3, -0.25) is 4.79 Å². The van der Waals surface area contributed by atoms with Crippen molar-refractivity contribution in [3.05, 3.63) is 59.7 Å². The van der Waals surface area contributed by atoms with Gasteiger partial charge < -0.3 is 9.47 Å². The Morgan fingerprint density at radius 2 is 1.84 bits per heavy atom. The molecule has 0 saturated heterocycles. The van der Waals surface area contributed by atoms with E-state index in [0.717, 1.165) is 9.82 Å². The van der Waals surface area contributed by atoms with Crippen molar-refractivity contribution in [2.75, 3.05) is 21.1 Å². The van der Waals surface area contributed by atoms with Crippen LogP contribution in [-0.4, -0.2) is 54.2 Å². The Morgan fingerprint density at radius 1 is 1.13 bits per heavy atom. The van der Waals surface area contributed by atoms with Gasteiger partial charge in [-0.2, -0.15) is 0 Å². The Labute approximate surface area is 182 Å². The number of aromatic nitrogens is 2. The van der Waals surface area contributed by atoms with E-state index in [0.29, 0.717) is 29.9 Å². The van der Waals surface area contributed by atoms with Gasteiger partial charge in [0, 0.05) is 52.6 Å². The van der Waals surface area contributed by atoms with Crippen LogP contribution in [0.1, 0.15) is 24.7 Å². The molecule has 31 heavy (non-hydrogen) atoms. The second-order valence-corrected chi connectivity index (χ2v) is 9.70. The molecule has 0 aliphatic rings. The van der Waals surface area contributed by atoms with Crippen molar-refractivity contribution in [3.8, 4) is 0 Å². The van der Waals surface area contributed by atoms with E-state index in [1.54, 1.807) is 43.4 Å². The smallest absolute Gasteiger partial charge is 0.242 e. The van der Waals surface area contributed by atoms with Crippen LogP contribution >= 0.6 is 0 Å². The van der Waals surface area contributed by atoms with Gasteiger partial charge in [-0.15, -0.1) is 0 Å². The van der Waals surface area contributed by atoms with Crippen molar-refractivity contribution in [3.63, 3.8) is 0 Å². The predicted molar refractivity (Wildman–Crippen MR) is 117 cm³/mol. The van der Waals surface area contributed by atoms with Crippen LogP contribution < -0.4 is 0 Å². The summed E-state index contributed by atoms with van der Waals surface area (Å²) in [5.41, 5.74) is 1.86. The largest absolute Gasteiger partial charge is 0.341 e. The minimum Gasteiger partial charge on any atom is -0.341 e. The van der Waals surface area contributed by atoms with Crippen molar-refractivity contribution >= 4 is 27.0 Å². The quantitative estimate of drug-likeness (QED) is 0.533. The fourth-order valence-electron chi connectivity index (χ4n) is 3.45. The number of hydrogen-bond donors (Lipinski definition) is 0. The lowest BCUT2D eigenvalue weighted by Crippen LogP contribution is -2.27.